The van der Waals surface area contributed by atoms with Gasteiger partial charge in [0.25, 0.3) is 0 Å². The van der Waals surface area contributed by atoms with Gasteiger partial charge in [0, 0.05) is 26.1 Å². The molecule has 0 aliphatic carbocycles. The molecule has 0 amide bonds. The summed E-state index contributed by atoms with van der Waals surface area (Å²) in [5.41, 5.74) is 1.58. The van der Waals surface area contributed by atoms with Gasteiger partial charge in [-0.15, -0.1) is 0 Å². The van der Waals surface area contributed by atoms with Crippen LogP contribution >= 0.6 is 0 Å². The summed E-state index contributed by atoms with van der Waals surface area (Å²) in [4.78, 5) is 4.41. The van der Waals surface area contributed by atoms with Crippen molar-refractivity contribution in [1.82, 2.24) is 9.38 Å². The lowest BCUT2D eigenvalue weighted by atomic mass is 9.99. The van der Waals surface area contributed by atoms with Crippen LogP contribution in [-0.4, -0.2) is 28.2 Å². The summed E-state index contributed by atoms with van der Waals surface area (Å²) in [6.07, 6.45) is 4.10. The molecule has 2 rings (SSSR count). The van der Waals surface area contributed by atoms with Crippen LogP contribution in [-0.2, 0) is 4.74 Å². The van der Waals surface area contributed by atoms with Crippen LogP contribution in [0.5, 0.6) is 0 Å². The van der Waals surface area contributed by atoms with Crippen LogP contribution in [0.3, 0.4) is 0 Å². The fourth-order valence-electron chi connectivity index (χ4n) is 1.85. The molecule has 92 valence electrons. The van der Waals surface area contributed by atoms with Gasteiger partial charge in [-0.25, -0.2) is 4.98 Å². The number of hydrogen-bond acceptors (Lipinski definition) is 3. The first-order valence-electron chi connectivity index (χ1n) is 5.83. The third-order valence-corrected chi connectivity index (χ3v) is 3.00. The molecule has 2 heterocycles. The number of fused-ring (bicyclic) bond motifs is 1. The molecule has 0 fully saturated rings. The average Bonchev–Trinajstić information content (AvgIpc) is 2.78. The summed E-state index contributed by atoms with van der Waals surface area (Å²) in [5, 5.41) is 10.2. The molecule has 2 aromatic heterocycles. The van der Waals surface area contributed by atoms with E-state index in [1.54, 1.807) is 7.11 Å². The highest BCUT2D eigenvalue weighted by atomic mass is 16.5. The Morgan fingerprint density at radius 3 is 3.00 bits per heavy atom. The zero-order valence-corrected chi connectivity index (χ0v) is 10.2. The molecule has 0 aromatic carbocycles. The number of aliphatic hydroxyl groups excluding tert-OH is 1. The molecular weight excluding hydrogens is 216 g/mol. The molecule has 0 bridgehead atoms. The van der Waals surface area contributed by atoms with Crippen molar-refractivity contribution in [3.63, 3.8) is 0 Å². The number of hydrogen-bond donors (Lipinski definition) is 1. The van der Waals surface area contributed by atoms with Crippen LogP contribution in [0.2, 0.25) is 0 Å². The van der Waals surface area contributed by atoms with Gasteiger partial charge in [0.05, 0.1) is 5.69 Å². The normalized spacial score (nSPS) is 15.0. The molecule has 2 atom stereocenters. The van der Waals surface area contributed by atoms with Gasteiger partial charge in [0.15, 0.2) is 0 Å². The minimum Gasteiger partial charge on any atom is -0.386 e. The molecule has 2 aromatic rings. The Bertz CT molecular complexity index is 448. The van der Waals surface area contributed by atoms with E-state index in [2.05, 4.69) is 4.98 Å². The number of aromatic nitrogens is 2. The minimum absolute atomic E-state index is 0.139. The summed E-state index contributed by atoms with van der Waals surface area (Å²) >= 11 is 0. The van der Waals surface area contributed by atoms with Crippen molar-refractivity contribution >= 4 is 5.65 Å². The summed E-state index contributed by atoms with van der Waals surface area (Å²) in [6, 6.07) is 5.81. The Morgan fingerprint density at radius 2 is 2.29 bits per heavy atom. The largest absolute Gasteiger partial charge is 0.386 e. The first-order chi connectivity index (χ1) is 8.22. The topological polar surface area (TPSA) is 46.8 Å². The number of pyridine rings is 1. The summed E-state index contributed by atoms with van der Waals surface area (Å²) in [7, 11) is 1.67. The van der Waals surface area contributed by atoms with Crippen molar-refractivity contribution in [3.05, 3.63) is 36.3 Å². The Kier molecular flexibility index (Phi) is 3.76. The van der Waals surface area contributed by atoms with Crippen molar-refractivity contribution in [1.29, 1.82) is 0 Å². The first kappa shape index (κ1) is 12.1. The number of methoxy groups -OCH3 is 1. The van der Waals surface area contributed by atoms with Gasteiger partial charge in [-0.2, -0.15) is 0 Å². The van der Waals surface area contributed by atoms with Crippen LogP contribution in [0.15, 0.2) is 30.6 Å². The van der Waals surface area contributed by atoms with Crippen molar-refractivity contribution in [2.75, 3.05) is 13.7 Å². The zero-order valence-electron chi connectivity index (χ0n) is 10.2. The second kappa shape index (κ2) is 5.29. The highest BCUT2D eigenvalue weighted by Gasteiger charge is 2.18. The highest BCUT2D eigenvalue weighted by Crippen LogP contribution is 2.23. The number of ether oxygens (including phenoxy) is 1. The Balaban J connectivity index is 2.15. The SMILES string of the molecule is COCCC(C)C(O)c1cn2ccccc2n1. The number of imidazole rings is 1. The summed E-state index contributed by atoms with van der Waals surface area (Å²) in [6.45, 7) is 2.67. The van der Waals surface area contributed by atoms with E-state index in [1.807, 2.05) is 41.9 Å². The van der Waals surface area contributed by atoms with Gasteiger partial charge in [-0.05, 0) is 24.5 Å². The van der Waals surface area contributed by atoms with Gasteiger partial charge in [-0.1, -0.05) is 13.0 Å². The zero-order chi connectivity index (χ0) is 12.3. The first-order valence-corrected chi connectivity index (χ1v) is 5.83. The van der Waals surface area contributed by atoms with Crippen molar-refractivity contribution in [3.8, 4) is 0 Å². The smallest absolute Gasteiger partial charge is 0.137 e. The van der Waals surface area contributed by atoms with E-state index in [0.29, 0.717) is 6.61 Å². The van der Waals surface area contributed by atoms with Crippen molar-refractivity contribution in [2.45, 2.75) is 19.4 Å². The molecule has 2 unspecified atom stereocenters. The van der Waals surface area contributed by atoms with E-state index in [4.69, 9.17) is 4.74 Å². The van der Waals surface area contributed by atoms with Gasteiger partial charge < -0.3 is 14.2 Å². The molecule has 4 nitrogen and oxygen atoms in total. The van der Waals surface area contributed by atoms with E-state index in [0.717, 1.165) is 17.8 Å². The lowest BCUT2D eigenvalue weighted by molar-refractivity contribution is 0.0859. The maximum Gasteiger partial charge on any atom is 0.137 e. The van der Waals surface area contributed by atoms with Gasteiger partial charge >= 0.3 is 0 Å². The predicted molar refractivity (Wildman–Crippen MR) is 65.8 cm³/mol. The number of rotatable bonds is 5. The molecule has 0 radical (unpaired) electrons. The fraction of sp³-hybridized carbons (Fsp3) is 0.462. The van der Waals surface area contributed by atoms with Crippen molar-refractivity contribution in [2.24, 2.45) is 5.92 Å². The number of nitrogens with zero attached hydrogens (tertiary/aromatic N) is 2. The third-order valence-electron chi connectivity index (χ3n) is 3.00. The van der Waals surface area contributed by atoms with Gasteiger partial charge in [0.1, 0.15) is 11.8 Å². The molecule has 0 saturated carbocycles. The minimum atomic E-state index is -0.537. The van der Waals surface area contributed by atoms with Crippen LogP contribution in [0.1, 0.15) is 25.1 Å². The molecule has 0 aliphatic rings. The van der Waals surface area contributed by atoms with E-state index >= 15 is 0 Å². The van der Waals surface area contributed by atoms with Crippen LogP contribution in [0, 0.1) is 5.92 Å². The van der Waals surface area contributed by atoms with Gasteiger partial charge in [-0.3, -0.25) is 0 Å². The Labute approximate surface area is 101 Å². The summed E-state index contributed by atoms with van der Waals surface area (Å²) < 4.78 is 6.94. The molecule has 4 heteroatoms. The maximum absolute atomic E-state index is 10.2. The van der Waals surface area contributed by atoms with E-state index < -0.39 is 6.10 Å². The second-order valence-corrected chi connectivity index (χ2v) is 4.34. The molecule has 0 spiro atoms. The van der Waals surface area contributed by atoms with Crippen molar-refractivity contribution < 1.29 is 9.84 Å². The monoisotopic (exact) mass is 234 g/mol. The Hall–Kier alpha value is -1.39. The average molecular weight is 234 g/mol. The van der Waals surface area contributed by atoms with Crippen LogP contribution in [0.25, 0.3) is 5.65 Å². The molecule has 0 saturated heterocycles. The predicted octanol–water partition coefficient (Wildman–Crippen LogP) is 2.04. The lowest BCUT2D eigenvalue weighted by Gasteiger charge is -2.16. The third kappa shape index (κ3) is 2.65. The number of aliphatic hydroxyl groups is 1. The maximum atomic E-state index is 10.2. The molecular formula is C13H18N2O2. The fourth-order valence-corrected chi connectivity index (χ4v) is 1.85. The lowest BCUT2D eigenvalue weighted by Crippen LogP contribution is -2.11. The van der Waals surface area contributed by atoms with Crippen LogP contribution in [0.4, 0.5) is 0 Å². The van der Waals surface area contributed by atoms with Gasteiger partial charge in [0.2, 0.25) is 0 Å². The summed E-state index contributed by atoms with van der Waals surface area (Å²) in [5.74, 6) is 0.139. The van der Waals surface area contributed by atoms with Crippen LogP contribution < -0.4 is 0 Å². The quantitative estimate of drug-likeness (QED) is 0.861. The standard InChI is InChI=1S/C13H18N2O2/c1-10(6-8-17-2)13(16)11-9-15-7-4-3-5-12(15)14-11/h3-5,7,9-10,13,16H,6,8H2,1-2H3. The Morgan fingerprint density at radius 1 is 1.47 bits per heavy atom. The molecule has 0 aliphatic heterocycles. The molecule has 1 N–H and O–H groups in total. The van der Waals surface area contributed by atoms with E-state index in [-0.39, 0.29) is 5.92 Å². The van der Waals surface area contributed by atoms with E-state index in [1.165, 1.54) is 0 Å². The highest BCUT2D eigenvalue weighted by molar-refractivity contribution is 5.39. The molecule has 17 heavy (non-hydrogen) atoms. The second-order valence-electron chi connectivity index (χ2n) is 4.34. The van der Waals surface area contributed by atoms with E-state index in [9.17, 15) is 5.11 Å².